The molecule has 2 aromatic rings. The van der Waals surface area contributed by atoms with Crippen molar-refractivity contribution in [3.8, 4) is 5.75 Å². The molecule has 128 valence electrons. The lowest BCUT2D eigenvalue weighted by atomic mass is 10.1. The number of aromatic nitrogens is 3. The van der Waals surface area contributed by atoms with Gasteiger partial charge in [0.1, 0.15) is 12.1 Å². The Balaban J connectivity index is 0.00000127. The fourth-order valence-corrected chi connectivity index (χ4v) is 2.40. The van der Waals surface area contributed by atoms with E-state index < -0.39 is 0 Å². The minimum Gasteiger partial charge on any atom is -0.468 e. The topological polar surface area (TPSA) is 32.0 Å². The lowest BCUT2D eigenvalue weighted by Gasteiger charge is -2.22. The SMILES string of the molecule is CC.Cc1cccc(OC(CC(C)C)n2ncn(C)c2=S)c1C. The van der Waals surface area contributed by atoms with Crippen LogP contribution in [0.5, 0.6) is 5.75 Å². The van der Waals surface area contributed by atoms with E-state index in [9.17, 15) is 0 Å². The largest absolute Gasteiger partial charge is 0.468 e. The van der Waals surface area contributed by atoms with E-state index in [2.05, 4.69) is 38.9 Å². The summed E-state index contributed by atoms with van der Waals surface area (Å²) in [4.78, 5) is 0. The molecule has 2 rings (SSSR count). The average molecular weight is 336 g/mol. The van der Waals surface area contributed by atoms with Gasteiger partial charge in [0.05, 0.1) is 0 Å². The van der Waals surface area contributed by atoms with Crippen molar-refractivity contribution >= 4 is 12.2 Å². The molecular weight excluding hydrogens is 306 g/mol. The van der Waals surface area contributed by atoms with Gasteiger partial charge in [-0.2, -0.15) is 9.78 Å². The Bertz CT molecular complexity index is 673. The summed E-state index contributed by atoms with van der Waals surface area (Å²) in [6.45, 7) is 12.5. The van der Waals surface area contributed by atoms with Gasteiger partial charge in [0, 0.05) is 13.5 Å². The molecule has 1 atom stereocenters. The molecule has 0 saturated heterocycles. The summed E-state index contributed by atoms with van der Waals surface area (Å²) in [5.74, 6) is 1.39. The lowest BCUT2D eigenvalue weighted by Crippen LogP contribution is -2.20. The highest BCUT2D eigenvalue weighted by Crippen LogP contribution is 2.27. The molecule has 1 aromatic heterocycles. The number of ether oxygens (including phenoxy) is 1. The molecule has 0 saturated carbocycles. The van der Waals surface area contributed by atoms with E-state index in [0.29, 0.717) is 10.7 Å². The normalized spacial score (nSPS) is 11.8. The Hall–Kier alpha value is -1.62. The number of aryl methyl sites for hydroxylation is 2. The van der Waals surface area contributed by atoms with E-state index in [1.165, 1.54) is 5.56 Å². The van der Waals surface area contributed by atoms with E-state index in [0.717, 1.165) is 17.7 Å². The minimum atomic E-state index is -0.181. The van der Waals surface area contributed by atoms with Gasteiger partial charge >= 0.3 is 0 Å². The monoisotopic (exact) mass is 335 g/mol. The zero-order valence-electron chi connectivity index (χ0n) is 15.3. The fourth-order valence-electron chi connectivity index (χ4n) is 2.19. The first-order valence-electron chi connectivity index (χ1n) is 8.23. The van der Waals surface area contributed by atoms with Crippen LogP contribution < -0.4 is 4.74 Å². The van der Waals surface area contributed by atoms with Gasteiger partial charge in [0.2, 0.25) is 4.77 Å². The highest BCUT2D eigenvalue weighted by molar-refractivity contribution is 7.71. The second-order valence-corrected chi connectivity index (χ2v) is 6.23. The molecule has 0 N–H and O–H groups in total. The van der Waals surface area contributed by atoms with Gasteiger partial charge in [-0.1, -0.05) is 39.8 Å². The maximum Gasteiger partial charge on any atom is 0.200 e. The predicted molar refractivity (Wildman–Crippen MR) is 98.4 cm³/mol. The summed E-state index contributed by atoms with van der Waals surface area (Å²) in [6.07, 6.45) is 2.40. The van der Waals surface area contributed by atoms with Crippen LogP contribution in [0, 0.1) is 24.5 Å². The van der Waals surface area contributed by atoms with Crippen LogP contribution in [-0.2, 0) is 7.05 Å². The van der Waals surface area contributed by atoms with Crippen molar-refractivity contribution in [2.45, 2.75) is 54.2 Å². The van der Waals surface area contributed by atoms with Crippen molar-refractivity contribution in [3.05, 3.63) is 40.4 Å². The van der Waals surface area contributed by atoms with E-state index >= 15 is 0 Å². The number of nitrogens with zero attached hydrogens (tertiary/aromatic N) is 3. The van der Waals surface area contributed by atoms with E-state index in [1.807, 2.05) is 37.6 Å². The summed E-state index contributed by atoms with van der Waals surface area (Å²) in [7, 11) is 1.90. The standard InChI is InChI=1S/C16H23N3OS.C2H6/c1-11(2)9-15(19-16(21)18(5)10-17-19)20-14-8-6-7-12(3)13(14)4;1-2/h6-8,10-11,15H,9H2,1-5H3;1-2H3. The number of benzene rings is 1. The van der Waals surface area contributed by atoms with Crippen LogP contribution in [0.15, 0.2) is 24.5 Å². The van der Waals surface area contributed by atoms with Gasteiger partial charge in [0.25, 0.3) is 0 Å². The van der Waals surface area contributed by atoms with Crippen LogP contribution in [-0.4, -0.2) is 14.3 Å². The van der Waals surface area contributed by atoms with Crippen molar-refractivity contribution in [1.29, 1.82) is 0 Å². The van der Waals surface area contributed by atoms with Gasteiger partial charge in [-0.15, -0.1) is 0 Å². The number of hydrogen-bond donors (Lipinski definition) is 0. The quantitative estimate of drug-likeness (QED) is 0.702. The molecule has 0 radical (unpaired) electrons. The first-order valence-corrected chi connectivity index (χ1v) is 8.64. The third-order valence-corrected chi connectivity index (χ3v) is 4.09. The third-order valence-electron chi connectivity index (χ3n) is 3.61. The first-order chi connectivity index (χ1) is 10.9. The molecule has 0 spiro atoms. The van der Waals surface area contributed by atoms with Crippen LogP contribution in [0.2, 0.25) is 0 Å². The van der Waals surface area contributed by atoms with Crippen LogP contribution in [0.4, 0.5) is 0 Å². The molecule has 0 aliphatic heterocycles. The summed E-state index contributed by atoms with van der Waals surface area (Å²) in [6, 6.07) is 6.11. The van der Waals surface area contributed by atoms with Crippen molar-refractivity contribution in [2.75, 3.05) is 0 Å². The molecule has 1 aromatic carbocycles. The fraction of sp³-hybridized carbons (Fsp3) is 0.556. The molecule has 0 aliphatic rings. The van der Waals surface area contributed by atoms with E-state index in [-0.39, 0.29) is 6.23 Å². The second kappa shape index (κ2) is 8.87. The third kappa shape index (κ3) is 4.93. The van der Waals surface area contributed by atoms with Crippen molar-refractivity contribution < 1.29 is 4.74 Å². The Morgan fingerprint density at radius 3 is 2.39 bits per heavy atom. The molecule has 0 amide bonds. The van der Waals surface area contributed by atoms with E-state index in [4.69, 9.17) is 17.0 Å². The molecule has 5 heteroatoms. The highest BCUT2D eigenvalue weighted by Gasteiger charge is 2.18. The Kier molecular flexibility index (Phi) is 7.49. The minimum absolute atomic E-state index is 0.181. The second-order valence-electron chi connectivity index (χ2n) is 5.87. The van der Waals surface area contributed by atoms with Gasteiger partial charge in [-0.25, -0.2) is 0 Å². The Morgan fingerprint density at radius 2 is 1.87 bits per heavy atom. The summed E-state index contributed by atoms with van der Waals surface area (Å²) >= 11 is 5.41. The zero-order chi connectivity index (χ0) is 17.6. The summed E-state index contributed by atoms with van der Waals surface area (Å²) in [5.41, 5.74) is 2.38. The van der Waals surface area contributed by atoms with Gasteiger partial charge in [0.15, 0.2) is 6.23 Å². The molecule has 0 bridgehead atoms. The maximum absolute atomic E-state index is 6.24. The van der Waals surface area contributed by atoms with Crippen LogP contribution in [0.1, 0.15) is 51.5 Å². The molecule has 1 heterocycles. The molecular formula is C18H29N3OS. The maximum atomic E-state index is 6.24. The molecule has 1 unspecified atom stereocenters. The van der Waals surface area contributed by atoms with Crippen molar-refractivity contribution in [3.63, 3.8) is 0 Å². The predicted octanol–water partition coefficient (Wildman–Crippen LogP) is 5.22. The number of rotatable bonds is 5. The zero-order valence-corrected chi connectivity index (χ0v) is 16.1. The van der Waals surface area contributed by atoms with Crippen LogP contribution >= 0.6 is 12.2 Å². The van der Waals surface area contributed by atoms with Gasteiger partial charge in [-0.05, 0) is 49.2 Å². The van der Waals surface area contributed by atoms with Crippen LogP contribution in [0.25, 0.3) is 0 Å². The Morgan fingerprint density at radius 1 is 1.22 bits per heavy atom. The van der Waals surface area contributed by atoms with Crippen molar-refractivity contribution in [2.24, 2.45) is 13.0 Å². The molecule has 4 nitrogen and oxygen atoms in total. The lowest BCUT2D eigenvalue weighted by molar-refractivity contribution is 0.0915. The van der Waals surface area contributed by atoms with Gasteiger partial charge in [-0.3, -0.25) is 0 Å². The van der Waals surface area contributed by atoms with Crippen LogP contribution in [0.3, 0.4) is 0 Å². The van der Waals surface area contributed by atoms with Crippen molar-refractivity contribution in [1.82, 2.24) is 14.3 Å². The average Bonchev–Trinajstić information content (AvgIpc) is 2.85. The van der Waals surface area contributed by atoms with Gasteiger partial charge < -0.3 is 9.30 Å². The summed E-state index contributed by atoms with van der Waals surface area (Å²) < 4.78 is 10.5. The molecule has 0 aliphatic carbocycles. The summed E-state index contributed by atoms with van der Waals surface area (Å²) in [5, 5.41) is 4.37. The van der Waals surface area contributed by atoms with E-state index in [1.54, 1.807) is 11.0 Å². The molecule has 0 fully saturated rings. The highest BCUT2D eigenvalue weighted by atomic mass is 32.1. The molecule has 23 heavy (non-hydrogen) atoms. The first kappa shape index (κ1) is 19.4. The number of hydrogen-bond acceptors (Lipinski definition) is 3. The Labute approximate surface area is 145 Å². The smallest absolute Gasteiger partial charge is 0.200 e.